The maximum atomic E-state index is 5.57. The van der Waals surface area contributed by atoms with E-state index >= 15 is 0 Å². The first kappa shape index (κ1) is 22.9. The van der Waals surface area contributed by atoms with Crippen LogP contribution in [0.15, 0.2) is 0 Å². The summed E-state index contributed by atoms with van der Waals surface area (Å²) in [5.74, 6) is 0.883. The molecule has 0 N–H and O–H groups in total. The lowest BCUT2D eigenvalue weighted by Gasteiger charge is -2.08. The molecule has 0 aliphatic rings. The molecule has 0 radical (unpaired) electrons. The molecule has 0 fully saturated rings. The zero-order valence-electron chi connectivity index (χ0n) is 16.6. The number of ether oxygens (including phenoxy) is 2. The summed E-state index contributed by atoms with van der Waals surface area (Å²) in [6.07, 6.45) is 17.1. The largest absolute Gasteiger partial charge is 0.379 e. The van der Waals surface area contributed by atoms with Gasteiger partial charge >= 0.3 is 0 Å². The molecule has 0 atom stereocenters. The van der Waals surface area contributed by atoms with Crippen molar-refractivity contribution in [3.8, 4) is 0 Å². The molecule has 0 aliphatic heterocycles. The van der Waals surface area contributed by atoms with Crippen LogP contribution in [0.4, 0.5) is 0 Å². The predicted molar refractivity (Wildman–Crippen MR) is 102 cm³/mol. The molecular weight excluding hydrogens is 284 g/mol. The molecule has 0 rings (SSSR count). The minimum atomic E-state index is 0.318. The van der Waals surface area contributed by atoms with E-state index < -0.39 is 0 Å². The molecule has 0 aromatic rings. The van der Waals surface area contributed by atoms with Gasteiger partial charge in [0.25, 0.3) is 0 Å². The van der Waals surface area contributed by atoms with Gasteiger partial charge in [-0.1, -0.05) is 84.5 Å². The van der Waals surface area contributed by atoms with E-state index in [1.807, 2.05) is 0 Å². The highest BCUT2D eigenvalue weighted by molar-refractivity contribution is 4.50. The molecule has 0 aliphatic carbocycles. The highest BCUT2D eigenvalue weighted by Crippen LogP contribution is 2.13. The zero-order valence-corrected chi connectivity index (χ0v) is 16.6. The fraction of sp³-hybridized carbons (Fsp3) is 1.00. The first-order valence-electron chi connectivity index (χ1n) is 10.3. The van der Waals surface area contributed by atoms with Crippen molar-refractivity contribution >= 4 is 0 Å². The number of hydrogen-bond donors (Lipinski definition) is 0. The normalized spacial score (nSPS) is 11.7. The van der Waals surface area contributed by atoms with Crippen molar-refractivity contribution in [3.63, 3.8) is 0 Å². The van der Waals surface area contributed by atoms with Crippen LogP contribution in [0.2, 0.25) is 0 Å². The Morgan fingerprint density at radius 3 is 1.48 bits per heavy atom. The van der Waals surface area contributed by atoms with Gasteiger partial charge in [0.05, 0.1) is 19.3 Å². The minimum Gasteiger partial charge on any atom is -0.379 e. The van der Waals surface area contributed by atoms with Gasteiger partial charge in [-0.2, -0.15) is 0 Å². The Labute approximate surface area is 146 Å². The van der Waals surface area contributed by atoms with Gasteiger partial charge in [-0.25, -0.2) is 0 Å². The summed E-state index contributed by atoms with van der Waals surface area (Å²) < 4.78 is 11.0. The molecule has 0 amide bonds. The lowest BCUT2D eigenvalue weighted by Crippen LogP contribution is -2.10. The van der Waals surface area contributed by atoms with Crippen molar-refractivity contribution in [1.29, 1.82) is 0 Å². The lowest BCUT2D eigenvalue weighted by atomic mass is 10.0. The quantitative estimate of drug-likeness (QED) is 0.259. The van der Waals surface area contributed by atoms with Gasteiger partial charge in [0, 0.05) is 6.61 Å². The third-order valence-electron chi connectivity index (χ3n) is 4.25. The van der Waals surface area contributed by atoms with Gasteiger partial charge in [0.2, 0.25) is 0 Å². The Hall–Kier alpha value is -0.0800. The Kier molecular flexibility index (Phi) is 18.2. The number of unbranched alkanes of at least 4 members (excludes halogenated alkanes) is 10. The van der Waals surface area contributed by atoms with Crippen molar-refractivity contribution in [2.45, 2.75) is 111 Å². The van der Waals surface area contributed by atoms with E-state index in [1.54, 1.807) is 0 Å². The highest BCUT2D eigenvalue weighted by Gasteiger charge is 1.96. The monoisotopic (exact) mass is 328 g/mol. The predicted octanol–water partition coefficient (Wildman–Crippen LogP) is 6.77. The number of hydrogen-bond acceptors (Lipinski definition) is 2. The zero-order chi connectivity index (χ0) is 17.2. The summed E-state index contributed by atoms with van der Waals surface area (Å²) in [6.45, 7) is 11.2. The average Bonchev–Trinajstić information content (AvgIpc) is 2.49. The molecule has 23 heavy (non-hydrogen) atoms. The van der Waals surface area contributed by atoms with E-state index in [2.05, 4.69) is 27.7 Å². The fourth-order valence-corrected chi connectivity index (χ4v) is 2.79. The highest BCUT2D eigenvalue weighted by atomic mass is 16.5. The van der Waals surface area contributed by atoms with Crippen LogP contribution in [-0.4, -0.2) is 25.9 Å². The molecule has 0 aromatic carbocycles. The molecule has 0 heterocycles. The molecular formula is C21H44O2. The van der Waals surface area contributed by atoms with Crippen molar-refractivity contribution < 1.29 is 9.47 Å². The van der Waals surface area contributed by atoms with E-state index in [9.17, 15) is 0 Å². The van der Waals surface area contributed by atoms with Gasteiger partial charge in [0.1, 0.15) is 0 Å². The summed E-state index contributed by atoms with van der Waals surface area (Å²) >= 11 is 0. The van der Waals surface area contributed by atoms with Crippen LogP contribution in [0.25, 0.3) is 0 Å². The van der Waals surface area contributed by atoms with Gasteiger partial charge in [0.15, 0.2) is 0 Å². The molecule has 0 saturated carbocycles. The smallest absolute Gasteiger partial charge is 0.0703 e. The van der Waals surface area contributed by atoms with Crippen LogP contribution in [-0.2, 0) is 9.47 Å². The van der Waals surface area contributed by atoms with E-state index in [-0.39, 0.29) is 0 Å². The van der Waals surface area contributed by atoms with Crippen molar-refractivity contribution in [3.05, 3.63) is 0 Å². The first-order valence-corrected chi connectivity index (χ1v) is 10.3. The van der Waals surface area contributed by atoms with Gasteiger partial charge in [-0.05, 0) is 26.2 Å². The van der Waals surface area contributed by atoms with Crippen LogP contribution in [0.3, 0.4) is 0 Å². The Bertz CT molecular complexity index is 192. The molecule has 0 spiro atoms. The summed E-state index contributed by atoms with van der Waals surface area (Å²) in [5, 5.41) is 0. The van der Waals surface area contributed by atoms with Crippen LogP contribution < -0.4 is 0 Å². The third-order valence-corrected chi connectivity index (χ3v) is 4.25. The second-order valence-corrected chi connectivity index (χ2v) is 7.60. The van der Waals surface area contributed by atoms with Crippen LogP contribution in [0.1, 0.15) is 105 Å². The van der Waals surface area contributed by atoms with E-state index in [1.165, 1.54) is 77.0 Å². The standard InChI is InChI=1S/C21H44O2/c1-20(2)16-14-12-10-8-6-5-7-9-11-13-15-17-22-18-19-23-21(3)4/h20-21H,5-19H2,1-4H3. The van der Waals surface area contributed by atoms with E-state index in [0.717, 1.165) is 25.7 Å². The van der Waals surface area contributed by atoms with Crippen LogP contribution >= 0.6 is 0 Å². The van der Waals surface area contributed by atoms with Gasteiger partial charge in [-0.15, -0.1) is 0 Å². The molecule has 0 unspecified atom stereocenters. The average molecular weight is 329 g/mol. The van der Waals surface area contributed by atoms with Crippen molar-refractivity contribution in [2.75, 3.05) is 19.8 Å². The van der Waals surface area contributed by atoms with Gasteiger partial charge in [-0.3, -0.25) is 0 Å². The summed E-state index contributed by atoms with van der Waals surface area (Å²) in [4.78, 5) is 0. The fourth-order valence-electron chi connectivity index (χ4n) is 2.79. The topological polar surface area (TPSA) is 18.5 Å². The maximum absolute atomic E-state index is 5.57. The first-order chi connectivity index (χ1) is 11.1. The second-order valence-electron chi connectivity index (χ2n) is 7.60. The minimum absolute atomic E-state index is 0.318. The van der Waals surface area contributed by atoms with Crippen molar-refractivity contribution in [1.82, 2.24) is 0 Å². The lowest BCUT2D eigenvalue weighted by molar-refractivity contribution is 0.0186. The Morgan fingerprint density at radius 2 is 1.00 bits per heavy atom. The Morgan fingerprint density at radius 1 is 0.522 bits per heavy atom. The SMILES string of the molecule is CC(C)CCCCCCCCCCCCCOCCOC(C)C. The van der Waals surface area contributed by atoms with Crippen LogP contribution in [0.5, 0.6) is 0 Å². The van der Waals surface area contributed by atoms with Crippen LogP contribution in [0, 0.1) is 5.92 Å². The molecule has 140 valence electrons. The molecule has 2 heteroatoms. The molecule has 0 saturated heterocycles. The summed E-state index contributed by atoms with van der Waals surface area (Å²) in [6, 6.07) is 0. The Balaban J connectivity index is 2.97. The third kappa shape index (κ3) is 21.9. The second kappa shape index (κ2) is 18.3. The summed E-state index contributed by atoms with van der Waals surface area (Å²) in [5.41, 5.74) is 0. The molecule has 0 bridgehead atoms. The summed E-state index contributed by atoms with van der Waals surface area (Å²) in [7, 11) is 0. The van der Waals surface area contributed by atoms with E-state index in [0.29, 0.717) is 6.10 Å². The van der Waals surface area contributed by atoms with Gasteiger partial charge < -0.3 is 9.47 Å². The van der Waals surface area contributed by atoms with Crippen molar-refractivity contribution in [2.24, 2.45) is 5.92 Å². The number of rotatable bonds is 18. The maximum Gasteiger partial charge on any atom is 0.0703 e. The molecule has 0 aromatic heterocycles. The molecule has 2 nitrogen and oxygen atoms in total. The van der Waals surface area contributed by atoms with E-state index in [4.69, 9.17) is 9.47 Å².